The van der Waals surface area contributed by atoms with Crippen molar-refractivity contribution in [2.24, 2.45) is 23.7 Å². The molecule has 0 radical (unpaired) electrons. The van der Waals surface area contributed by atoms with Gasteiger partial charge in [-0.05, 0) is 75.2 Å². The third-order valence-electron chi connectivity index (χ3n) is 5.46. The van der Waals surface area contributed by atoms with E-state index in [1.165, 1.54) is 38.4 Å². The first-order chi connectivity index (χ1) is 9.85. The molecular weight excluding hydrogens is 282 g/mol. The summed E-state index contributed by atoms with van der Waals surface area (Å²) in [5.41, 5.74) is 0. The van der Waals surface area contributed by atoms with Crippen LogP contribution in [0.2, 0.25) is 0 Å². The standard InChI is InChI=1S/C17H33NO2S/c1-13(2)14-6-7-16(12-18-17-8-9-17)15(11-14)5-4-10-21(3,19)20/h13-18H,4-12H2,1-3H3. The molecule has 0 aliphatic heterocycles. The molecule has 4 heteroatoms. The lowest BCUT2D eigenvalue weighted by Gasteiger charge is -2.38. The minimum Gasteiger partial charge on any atom is -0.314 e. The van der Waals surface area contributed by atoms with E-state index in [1.54, 1.807) is 0 Å². The van der Waals surface area contributed by atoms with Gasteiger partial charge in [-0.1, -0.05) is 13.8 Å². The lowest BCUT2D eigenvalue weighted by molar-refractivity contribution is 0.137. The largest absolute Gasteiger partial charge is 0.314 e. The van der Waals surface area contributed by atoms with Crippen molar-refractivity contribution in [1.82, 2.24) is 5.32 Å². The van der Waals surface area contributed by atoms with Crippen molar-refractivity contribution in [2.75, 3.05) is 18.6 Å². The fraction of sp³-hybridized carbons (Fsp3) is 1.00. The van der Waals surface area contributed by atoms with Gasteiger partial charge in [-0.2, -0.15) is 0 Å². The zero-order valence-corrected chi connectivity index (χ0v) is 14.8. The number of sulfone groups is 1. The molecule has 0 saturated heterocycles. The molecule has 2 saturated carbocycles. The minimum absolute atomic E-state index is 0.360. The summed E-state index contributed by atoms with van der Waals surface area (Å²) >= 11 is 0. The predicted octanol–water partition coefficient (Wildman–Crippen LogP) is 3.25. The summed E-state index contributed by atoms with van der Waals surface area (Å²) < 4.78 is 22.7. The van der Waals surface area contributed by atoms with Crippen LogP contribution in [0.15, 0.2) is 0 Å². The Labute approximate surface area is 131 Å². The number of nitrogens with one attached hydrogen (secondary N) is 1. The van der Waals surface area contributed by atoms with Crippen LogP contribution in [0.4, 0.5) is 0 Å². The van der Waals surface area contributed by atoms with E-state index in [0.29, 0.717) is 5.75 Å². The monoisotopic (exact) mass is 315 g/mol. The van der Waals surface area contributed by atoms with E-state index in [1.807, 2.05) is 0 Å². The Balaban J connectivity index is 1.84. The molecule has 2 rings (SSSR count). The Bertz CT molecular complexity index is 415. The van der Waals surface area contributed by atoms with Crippen LogP contribution >= 0.6 is 0 Å². The summed E-state index contributed by atoms with van der Waals surface area (Å²) in [4.78, 5) is 0. The van der Waals surface area contributed by atoms with E-state index in [4.69, 9.17) is 0 Å². The van der Waals surface area contributed by atoms with Gasteiger partial charge in [0.15, 0.2) is 0 Å². The van der Waals surface area contributed by atoms with Crippen LogP contribution in [0.25, 0.3) is 0 Å². The average Bonchev–Trinajstić information content (AvgIpc) is 3.19. The number of rotatable bonds is 8. The molecule has 0 spiro atoms. The lowest BCUT2D eigenvalue weighted by atomic mass is 9.69. The Hall–Kier alpha value is -0.0900. The molecule has 124 valence electrons. The lowest BCUT2D eigenvalue weighted by Crippen LogP contribution is -2.35. The van der Waals surface area contributed by atoms with Crippen LogP contribution in [-0.4, -0.2) is 33.0 Å². The van der Waals surface area contributed by atoms with E-state index in [2.05, 4.69) is 19.2 Å². The van der Waals surface area contributed by atoms with Gasteiger partial charge in [0.25, 0.3) is 0 Å². The van der Waals surface area contributed by atoms with Gasteiger partial charge >= 0.3 is 0 Å². The Morgan fingerprint density at radius 3 is 2.38 bits per heavy atom. The number of hydrogen-bond donors (Lipinski definition) is 1. The molecule has 1 N–H and O–H groups in total. The van der Waals surface area contributed by atoms with Gasteiger partial charge in [0.05, 0.1) is 0 Å². The first kappa shape index (κ1) is 17.3. The Morgan fingerprint density at radius 2 is 1.81 bits per heavy atom. The third kappa shape index (κ3) is 6.27. The maximum atomic E-state index is 11.3. The van der Waals surface area contributed by atoms with Crippen LogP contribution < -0.4 is 5.32 Å². The van der Waals surface area contributed by atoms with E-state index in [0.717, 1.165) is 49.1 Å². The molecule has 3 nitrogen and oxygen atoms in total. The quantitative estimate of drug-likeness (QED) is 0.748. The second-order valence-electron chi connectivity index (χ2n) is 7.79. The van der Waals surface area contributed by atoms with Crippen molar-refractivity contribution in [2.45, 2.75) is 64.8 Å². The maximum Gasteiger partial charge on any atom is 0.147 e. The maximum absolute atomic E-state index is 11.3. The van der Waals surface area contributed by atoms with Crippen LogP contribution in [0.3, 0.4) is 0 Å². The van der Waals surface area contributed by atoms with Crippen molar-refractivity contribution in [3.8, 4) is 0 Å². The molecule has 3 unspecified atom stereocenters. The van der Waals surface area contributed by atoms with Gasteiger partial charge in [0, 0.05) is 18.1 Å². The number of hydrogen-bond acceptors (Lipinski definition) is 3. The van der Waals surface area contributed by atoms with Crippen LogP contribution in [0, 0.1) is 23.7 Å². The smallest absolute Gasteiger partial charge is 0.147 e. The third-order valence-corrected chi connectivity index (χ3v) is 6.49. The molecule has 0 aromatic heterocycles. The minimum atomic E-state index is -2.80. The highest BCUT2D eigenvalue weighted by Gasteiger charge is 2.32. The molecule has 0 bridgehead atoms. The van der Waals surface area contributed by atoms with Crippen molar-refractivity contribution in [3.63, 3.8) is 0 Å². The molecule has 0 amide bonds. The highest BCUT2D eigenvalue weighted by Crippen LogP contribution is 2.39. The van der Waals surface area contributed by atoms with Gasteiger partial charge in [0.2, 0.25) is 0 Å². The zero-order chi connectivity index (χ0) is 15.5. The molecule has 2 fully saturated rings. The summed E-state index contributed by atoms with van der Waals surface area (Å²) in [5.74, 6) is 3.45. The fourth-order valence-corrected chi connectivity index (χ4v) is 4.50. The van der Waals surface area contributed by atoms with Crippen LogP contribution in [0.1, 0.15) is 58.8 Å². The second-order valence-corrected chi connectivity index (χ2v) is 10.1. The van der Waals surface area contributed by atoms with Crippen molar-refractivity contribution in [3.05, 3.63) is 0 Å². The first-order valence-corrected chi connectivity index (χ1v) is 10.8. The van der Waals surface area contributed by atoms with Gasteiger partial charge in [-0.25, -0.2) is 8.42 Å². The Kier molecular flexibility index (Phi) is 6.13. The molecule has 0 aromatic rings. The average molecular weight is 316 g/mol. The summed E-state index contributed by atoms with van der Waals surface area (Å²) in [6.45, 7) is 5.82. The van der Waals surface area contributed by atoms with Gasteiger partial charge in [0.1, 0.15) is 9.84 Å². The molecule has 0 aromatic carbocycles. The highest BCUT2D eigenvalue weighted by atomic mass is 32.2. The van der Waals surface area contributed by atoms with Crippen molar-refractivity contribution >= 4 is 9.84 Å². The zero-order valence-electron chi connectivity index (χ0n) is 14.0. The van der Waals surface area contributed by atoms with Gasteiger partial charge in [-0.3, -0.25) is 0 Å². The fourth-order valence-electron chi connectivity index (χ4n) is 3.80. The van der Waals surface area contributed by atoms with Gasteiger partial charge < -0.3 is 5.32 Å². The van der Waals surface area contributed by atoms with E-state index in [-0.39, 0.29) is 0 Å². The second kappa shape index (κ2) is 7.45. The van der Waals surface area contributed by atoms with E-state index in [9.17, 15) is 8.42 Å². The van der Waals surface area contributed by atoms with Crippen LogP contribution in [0.5, 0.6) is 0 Å². The molecule has 0 heterocycles. The summed E-state index contributed by atoms with van der Waals surface area (Å²) in [5, 5.41) is 3.69. The normalized spacial score (nSPS) is 30.8. The summed E-state index contributed by atoms with van der Waals surface area (Å²) in [6, 6.07) is 0.782. The molecule has 2 aliphatic carbocycles. The Morgan fingerprint density at radius 1 is 1.10 bits per heavy atom. The summed E-state index contributed by atoms with van der Waals surface area (Å²) in [7, 11) is -2.80. The van der Waals surface area contributed by atoms with E-state index >= 15 is 0 Å². The van der Waals surface area contributed by atoms with Crippen molar-refractivity contribution < 1.29 is 8.42 Å². The molecule has 21 heavy (non-hydrogen) atoms. The SMILES string of the molecule is CC(C)C1CCC(CNC2CC2)C(CCCS(C)(=O)=O)C1. The van der Waals surface area contributed by atoms with Crippen molar-refractivity contribution in [1.29, 1.82) is 0 Å². The predicted molar refractivity (Wildman–Crippen MR) is 89.1 cm³/mol. The van der Waals surface area contributed by atoms with E-state index < -0.39 is 9.84 Å². The first-order valence-electron chi connectivity index (χ1n) is 8.76. The van der Waals surface area contributed by atoms with Gasteiger partial charge in [-0.15, -0.1) is 0 Å². The highest BCUT2D eigenvalue weighted by molar-refractivity contribution is 7.90. The summed E-state index contributed by atoms with van der Waals surface area (Å²) in [6.07, 6.45) is 9.97. The molecule has 3 atom stereocenters. The molecule has 2 aliphatic rings. The topological polar surface area (TPSA) is 46.2 Å². The molecular formula is C17H33NO2S. The van der Waals surface area contributed by atoms with Crippen LogP contribution in [-0.2, 0) is 9.84 Å².